The van der Waals surface area contributed by atoms with Crippen molar-refractivity contribution in [2.75, 3.05) is 13.7 Å². The van der Waals surface area contributed by atoms with Gasteiger partial charge in [0, 0.05) is 13.5 Å². The summed E-state index contributed by atoms with van der Waals surface area (Å²) in [6, 6.07) is 19.5. The van der Waals surface area contributed by atoms with E-state index >= 15 is 0 Å². The molecule has 0 bridgehead atoms. The molecule has 0 aromatic heterocycles. The third kappa shape index (κ3) is 9.11. The van der Waals surface area contributed by atoms with Gasteiger partial charge in [-0.3, -0.25) is 0 Å². The molecule has 1 amide bonds. The van der Waals surface area contributed by atoms with Crippen LogP contribution in [-0.2, 0) is 32.2 Å². The molecule has 1 aliphatic rings. The minimum Gasteiger partial charge on any atom is -0.444 e. The zero-order chi connectivity index (χ0) is 26.8. The number of ether oxygens (including phenoxy) is 4. The first-order valence-corrected chi connectivity index (χ1v) is 13.2. The highest BCUT2D eigenvalue weighted by atomic mass is 16.6. The second-order valence-corrected chi connectivity index (χ2v) is 10.7. The molecular formula is C30H43NO6. The fraction of sp³-hybridized carbons (Fsp3) is 0.567. The largest absolute Gasteiger partial charge is 0.444 e. The Morgan fingerprint density at radius 2 is 1.49 bits per heavy atom. The minimum absolute atomic E-state index is 0.160. The summed E-state index contributed by atoms with van der Waals surface area (Å²) in [7, 11) is 1.72. The Kier molecular flexibility index (Phi) is 10.9. The van der Waals surface area contributed by atoms with Gasteiger partial charge in [-0.1, -0.05) is 74.0 Å². The van der Waals surface area contributed by atoms with Crippen molar-refractivity contribution >= 4 is 6.09 Å². The lowest BCUT2D eigenvalue weighted by Gasteiger charge is -2.35. The number of carbonyl (C=O) groups excluding carboxylic acids is 1. The molecule has 0 heterocycles. The molecule has 1 saturated carbocycles. The zero-order valence-electron chi connectivity index (χ0n) is 22.8. The lowest BCUT2D eigenvalue weighted by atomic mass is 10.1. The van der Waals surface area contributed by atoms with Crippen LogP contribution < -0.4 is 0 Å². The van der Waals surface area contributed by atoms with Crippen molar-refractivity contribution in [2.24, 2.45) is 0 Å². The summed E-state index contributed by atoms with van der Waals surface area (Å²) in [5, 5.41) is 10.4. The average molecular weight is 514 g/mol. The Bertz CT molecular complexity index is 932. The van der Waals surface area contributed by atoms with Crippen LogP contribution in [0, 0.1) is 0 Å². The van der Waals surface area contributed by atoms with Gasteiger partial charge >= 0.3 is 6.09 Å². The number of hydrogen-bond acceptors (Lipinski definition) is 6. The predicted octanol–water partition coefficient (Wildman–Crippen LogP) is 5.34. The number of rotatable bonds is 12. The van der Waals surface area contributed by atoms with Crippen LogP contribution in [0.4, 0.5) is 4.79 Å². The molecule has 1 fully saturated rings. The van der Waals surface area contributed by atoms with E-state index in [1.54, 1.807) is 11.9 Å². The molecule has 5 atom stereocenters. The van der Waals surface area contributed by atoms with E-state index in [0.29, 0.717) is 26.1 Å². The molecule has 0 saturated heterocycles. The summed E-state index contributed by atoms with van der Waals surface area (Å²) >= 11 is 0. The molecule has 1 unspecified atom stereocenters. The summed E-state index contributed by atoms with van der Waals surface area (Å²) in [6.07, 6.45) is -0.152. The number of benzene rings is 2. The quantitative estimate of drug-likeness (QED) is 0.413. The van der Waals surface area contributed by atoms with Gasteiger partial charge < -0.3 is 29.0 Å². The highest BCUT2D eigenvalue weighted by Crippen LogP contribution is 2.34. The monoisotopic (exact) mass is 513 g/mol. The number of aliphatic hydroxyl groups is 1. The van der Waals surface area contributed by atoms with Gasteiger partial charge in [-0.05, 0) is 38.3 Å². The Morgan fingerprint density at radius 1 is 0.946 bits per heavy atom. The number of nitrogens with zero attached hydrogens (tertiary/aromatic N) is 1. The molecular weight excluding hydrogens is 470 g/mol. The van der Waals surface area contributed by atoms with Gasteiger partial charge in [-0.15, -0.1) is 0 Å². The summed E-state index contributed by atoms with van der Waals surface area (Å²) < 4.78 is 24.8. The van der Waals surface area contributed by atoms with Crippen LogP contribution in [0.25, 0.3) is 0 Å². The van der Waals surface area contributed by atoms with Crippen molar-refractivity contribution in [1.29, 1.82) is 0 Å². The third-order valence-corrected chi connectivity index (χ3v) is 6.39. The molecule has 1 aliphatic carbocycles. The molecule has 2 aromatic rings. The van der Waals surface area contributed by atoms with E-state index in [1.165, 1.54) is 0 Å². The highest BCUT2D eigenvalue weighted by Gasteiger charge is 2.49. The van der Waals surface area contributed by atoms with Gasteiger partial charge in [0.15, 0.2) is 0 Å². The maximum absolute atomic E-state index is 13.1. The first-order valence-electron chi connectivity index (χ1n) is 13.2. The van der Waals surface area contributed by atoms with Crippen LogP contribution in [0.2, 0.25) is 0 Å². The topological polar surface area (TPSA) is 77.5 Å². The Morgan fingerprint density at radius 3 is 2.00 bits per heavy atom. The number of carbonyl (C=O) groups is 1. The molecule has 2 aromatic carbocycles. The van der Waals surface area contributed by atoms with Crippen molar-refractivity contribution < 1.29 is 28.8 Å². The first kappa shape index (κ1) is 29.1. The molecule has 7 heteroatoms. The number of hydrogen-bond donors (Lipinski definition) is 1. The number of likely N-dealkylation sites (N-methyl/N-ethyl adjacent to an activating group) is 1. The maximum Gasteiger partial charge on any atom is 0.410 e. The SMILES string of the molecule is CCCC(O)CO[C@H]1[C@H](N(C)C(=O)OC(C)(C)C)[C@@H](OCc2ccccc2)C[C@H]1OCc1ccccc1. The standard InChI is InChI=1S/C30H43NO6/c1-6-13-24(32)21-36-28-26(35-20-23-16-11-8-12-17-23)18-25(34-19-22-14-9-7-10-15-22)27(28)31(5)29(33)37-30(2,3)4/h7-12,14-17,24-28,32H,6,13,18-21H2,1-5H3/t24?,25-,26+,27+,28+/m0/s1. The van der Waals surface area contributed by atoms with E-state index in [9.17, 15) is 9.90 Å². The van der Waals surface area contributed by atoms with Gasteiger partial charge in [-0.25, -0.2) is 4.79 Å². The van der Waals surface area contributed by atoms with Crippen molar-refractivity contribution in [3.05, 3.63) is 71.8 Å². The third-order valence-electron chi connectivity index (χ3n) is 6.39. The van der Waals surface area contributed by atoms with Crippen LogP contribution in [0.15, 0.2) is 60.7 Å². The molecule has 0 aliphatic heterocycles. The molecule has 0 spiro atoms. The lowest BCUT2D eigenvalue weighted by molar-refractivity contribution is -0.106. The van der Waals surface area contributed by atoms with Crippen LogP contribution >= 0.6 is 0 Å². The van der Waals surface area contributed by atoms with Gasteiger partial charge in [0.1, 0.15) is 11.7 Å². The smallest absolute Gasteiger partial charge is 0.410 e. The van der Waals surface area contributed by atoms with Crippen LogP contribution in [0.1, 0.15) is 58.1 Å². The van der Waals surface area contributed by atoms with Crippen LogP contribution in [-0.4, -0.2) is 65.8 Å². The van der Waals surface area contributed by atoms with Crippen molar-refractivity contribution in [3.8, 4) is 0 Å². The van der Waals surface area contributed by atoms with Crippen LogP contribution in [0.5, 0.6) is 0 Å². The molecule has 204 valence electrons. The van der Waals surface area contributed by atoms with E-state index in [0.717, 1.165) is 17.5 Å². The van der Waals surface area contributed by atoms with E-state index in [-0.39, 0.29) is 18.8 Å². The van der Waals surface area contributed by atoms with E-state index in [1.807, 2.05) is 88.4 Å². The van der Waals surface area contributed by atoms with E-state index < -0.39 is 29.9 Å². The second-order valence-electron chi connectivity index (χ2n) is 10.7. The van der Waals surface area contributed by atoms with E-state index in [4.69, 9.17) is 18.9 Å². The molecule has 1 N–H and O–H groups in total. The normalized spacial score (nSPS) is 22.5. The Labute approximate surface area is 221 Å². The highest BCUT2D eigenvalue weighted by molar-refractivity contribution is 5.68. The van der Waals surface area contributed by atoms with Crippen molar-refractivity contribution in [3.63, 3.8) is 0 Å². The van der Waals surface area contributed by atoms with Crippen molar-refractivity contribution in [1.82, 2.24) is 4.90 Å². The van der Waals surface area contributed by atoms with Gasteiger partial charge in [0.25, 0.3) is 0 Å². The fourth-order valence-corrected chi connectivity index (χ4v) is 4.59. The molecule has 37 heavy (non-hydrogen) atoms. The Hall–Kier alpha value is -2.45. The maximum atomic E-state index is 13.1. The summed E-state index contributed by atoms with van der Waals surface area (Å²) in [5.74, 6) is 0. The lowest BCUT2D eigenvalue weighted by Crippen LogP contribution is -2.52. The summed E-state index contributed by atoms with van der Waals surface area (Å²) in [4.78, 5) is 14.7. The molecule has 7 nitrogen and oxygen atoms in total. The van der Waals surface area contributed by atoms with E-state index in [2.05, 4.69) is 0 Å². The summed E-state index contributed by atoms with van der Waals surface area (Å²) in [5.41, 5.74) is 1.46. The molecule has 0 radical (unpaired) electrons. The number of aliphatic hydroxyl groups excluding tert-OH is 1. The van der Waals surface area contributed by atoms with Crippen molar-refractivity contribution in [2.45, 2.75) is 96.2 Å². The summed E-state index contributed by atoms with van der Waals surface area (Å²) in [6.45, 7) is 8.54. The van der Waals surface area contributed by atoms with Crippen LogP contribution in [0.3, 0.4) is 0 Å². The van der Waals surface area contributed by atoms with Gasteiger partial charge in [-0.2, -0.15) is 0 Å². The average Bonchev–Trinajstić information content (AvgIpc) is 3.22. The minimum atomic E-state index is -0.638. The first-order chi connectivity index (χ1) is 17.7. The predicted molar refractivity (Wildman–Crippen MR) is 143 cm³/mol. The van der Waals surface area contributed by atoms with Gasteiger partial charge in [0.2, 0.25) is 0 Å². The number of amides is 1. The Balaban J connectivity index is 1.83. The second kappa shape index (κ2) is 13.9. The molecule has 3 rings (SSSR count). The van der Waals surface area contributed by atoms with Gasteiger partial charge in [0.05, 0.1) is 44.2 Å². The fourth-order valence-electron chi connectivity index (χ4n) is 4.59. The zero-order valence-corrected chi connectivity index (χ0v) is 22.8.